The van der Waals surface area contributed by atoms with Crippen molar-refractivity contribution >= 4 is 44.9 Å². The number of ether oxygens (including phenoxy) is 1. The molecule has 0 fully saturated rings. The molecule has 1 N–H and O–H groups in total. The molecule has 0 amide bonds. The van der Waals surface area contributed by atoms with Gasteiger partial charge in [-0.25, -0.2) is 0 Å². The minimum absolute atomic E-state index is 0.00895. The lowest BCUT2D eigenvalue weighted by Gasteiger charge is -2.30. The van der Waals surface area contributed by atoms with Gasteiger partial charge in [-0.05, 0) is 57.7 Å². The highest BCUT2D eigenvalue weighted by molar-refractivity contribution is 9.10. The predicted octanol–water partition coefficient (Wildman–Crippen LogP) is 7.99. The van der Waals surface area contributed by atoms with Crippen molar-refractivity contribution in [2.45, 2.75) is 105 Å². The van der Waals surface area contributed by atoms with Crippen molar-refractivity contribution in [3.05, 3.63) is 38.6 Å². The third-order valence-corrected chi connectivity index (χ3v) is 6.99. The van der Waals surface area contributed by atoms with Crippen LogP contribution in [-0.2, 0) is 20.7 Å². The van der Waals surface area contributed by atoms with Crippen LogP contribution < -0.4 is 5.32 Å². The standard InChI is InChI=1S/C27H39BrClNO3/c1-7-10-12-14-27(15-13-11-8-2)23(31)22(24(30-27)33-25(32)26(4,5)6)21-18(9-3)16-19(28)17-20(21)29/h16-17,30H,7-15H2,1-6H3. The fourth-order valence-electron chi connectivity index (χ4n) is 4.24. The molecule has 0 saturated carbocycles. The van der Waals surface area contributed by atoms with Crippen LogP contribution in [0.25, 0.3) is 5.57 Å². The fourth-order valence-corrected chi connectivity index (χ4v) is 5.22. The van der Waals surface area contributed by atoms with E-state index in [1.807, 2.05) is 33.8 Å². The Balaban J connectivity index is 2.64. The van der Waals surface area contributed by atoms with Gasteiger partial charge in [0.05, 0.1) is 16.0 Å². The summed E-state index contributed by atoms with van der Waals surface area (Å²) in [5.41, 5.74) is 0.561. The summed E-state index contributed by atoms with van der Waals surface area (Å²) in [6.07, 6.45) is 8.23. The zero-order chi connectivity index (χ0) is 24.8. The van der Waals surface area contributed by atoms with Gasteiger partial charge in [0.15, 0.2) is 5.78 Å². The van der Waals surface area contributed by atoms with Crippen molar-refractivity contribution < 1.29 is 14.3 Å². The summed E-state index contributed by atoms with van der Waals surface area (Å²) in [6, 6.07) is 3.78. The van der Waals surface area contributed by atoms with Crippen molar-refractivity contribution in [3.63, 3.8) is 0 Å². The topological polar surface area (TPSA) is 55.4 Å². The van der Waals surface area contributed by atoms with Crippen LogP contribution in [0.15, 0.2) is 22.5 Å². The second kappa shape index (κ2) is 11.9. The number of ketones is 1. The van der Waals surface area contributed by atoms with Gasteiger partial charge in [0.1, 0.15) is 5.54 Å². The lowest BCUT2D eigenvalue weighted by molar-refractivity contribution is -0.149. The van der Waals surface area contributed by atoms with E-state index in [1.54, 1.807) is 6.07 Å². The Hall–Kier alpha value is -1.33. The van der Waals surface area contributed by atoms with Crippen LogP contribution in [0.5, 0.6) is 0 Å². The molecule has 2 rings (SSSR count). The maximum atomic E-state index is 14.2. The van der Waals surface area contributed by atoms with Crippen LogP contribution in [-0.4, -0.2) is 17.3 Å². The average Bonchev–Trinajstić information content (AvgIpc) is 2.98. The molecule has 0 bridgehead atoms. The smallest absolute Gasteiger partial charge is 0.317 e. The van der Waals surface area contributed by atoms with Crippen molar-refractivity contribution in [2.75, 3.05) is 0 Å². The fraction of sp³-hybridized carbons (Fsp3) is 0.630. The maximum absolute atomic E-state index is 14.2. The van der Waals surface area contributed by atoms with Gasteiger partial charge in [-0.15, -0.1) is 0 Å². The number of hydrogen-bond acceptors (Lipinski definition) is 4. The minimum atomic E-state index is -0.769. The third kappa shape index (κ3) is 6.63. The van der Waals surface area contributed by atoms with Crippen LogP contribution in [0.3, 0.4) is 0 Å². The summed E-state index contributed by atoms with van der Waals surface area (Å²) in [4.78, 5) is 27.1. The number of nitrogens with one attached hydrogen (secondary N) is 1. The Labute approximate surface area is 213 Å². The maximum Gasteiger partial charge on any atom is 0.317 e. The highest BCUT2D eigenvalue weighted by Crippen LogP contribution is 2.43. The van der Waals surface area contributed by atoms with E-state index in [2.05, 4.69) is 35.1 Å². The molecule has 0 atom stereocenters. The molecule has 33 heavy (non-hydrogen) atoms. The van der Waals surface area contributed by atoms with E-state index in [0.29, 0.717) is 35.4 Å². The monoisotopic (exact) mass is 539 g/mol. The van der Waals surface area contributed by atoms with Crippen molar-refractivity contribution in [1.82, 2.24) is 5.32 Å². The quantitative estimate of drug-likeness (QED) is 0.228. The van der Waals surface area contributed by atoms with Crippen molar-refractivity contribution in [3.8, 4) is 0 Å². The average molecular weight is 541 g/mol. The normalized spacial score (nSPS) is 15.7. The van der Waals surface area contributed by atoms with Crippen molar-refractivity contribution in [1.29, 1.82) is 0 Å². The molecule has 1 aliphatic heterocycles. The summed E-state index contributed by atoms with van der Waals surface area (Å²) in [5.74, 6) is -0.128. The molecule has 0 unspecified atom stereocenters. The Kier molecular flexibility index (Phi) is 10.0. The molecule has 1 aromatic rings. The number of rotatable bonds is 11. The van der Waals surface area contributed by atoms with Crippen LogP contribution >= 0.6 is 27.5 Å². The Morgan fingerprint density at radius 2 is 1.64 bits per heavy atom. The second-order valence-corrected chi connectivity index (χ2v) is 11.4. The molecular formula is C27H39BrClNO3. The van der Waals surface area contributed by atoms with E-state index in [9.17, 15) is 9.59 Å². The molecule has 1 aromatic carbocycles. The number of carbonyl (C=O) groups excluding carboxylic acids is 2. The Morgan fingerprint density at radius 1 is 1.06 bits per heavy atom. The molecular weight excluding hydrogens is 502 g/mol. The minimum Gasteiger partial charge on any atom is -0.409 e. The number of hydrogen-bond donors (Lipinski definition) is 1. The van der Waals surface area contributed by atoms with Gasteiger partial charge in [0.2, 0.25) is 5.88 Å². The first kappa shape index (κ1) is 27.9. The largest absolute Gasteiger partial charge is 0.409 e. The number of esters is 1. The molecule has 0 spiro atoms. The Morgan fingerprint density at radius 3 is 2.12 bits per heavy atom. The molecule has 4 nitrogen and oxygen atoms in total. The first-order valence-electron chi connectivity index (χ1n) is 12.3. The van der Waals surface area contributed by atoms with Gasteiger partial charge in [0.25, 0.3) is 0 Å². The SMILES string of the molecule is CCCCCC1(CCCCC)NC(OC(=O)C(C)(C)C)=C(c2c(Cl)cc(Br)cc2CC)C1=O. The highest BCUT2D eigenvalue weighted by atomic mass is 79.9. The number of carbonyl (C=O) groups is 2. The number of halogens is 2. The van der Waals surface area contributed by atoms with Gasteiger partial charge in [-0.1, -0.05) is 86.8 Å². The molecule has 0 aliphatic carbocycles. The first-order valence-corrected chi connectivity index (χ1v) is 13.5. The zero-order valence-electron chi connectivity index (χ0n) is 21.0. The number of Topliss-reactive ketones (excluding diaryl/α,β-unsaturated/α-hetero) is 1. The zero-order valence-corrected chi connectivity index (χ0v) is 23.3. The molecule has 0 aromatic heterocycles. The highest BCUT2D eigenvalue weighted by Gasteiger charge is 2.49. The third-order valence-electron chi connectivity index (χ3n) is 6.23. The predicted molar refractivity (Wildman–Crippen MR) is 140 cm³/mol. The Bertz CT molecular complexity index is 891. The van der Waals surface area contributed by atoms with E-state index in [1.165, 1.54) is 0 Å². The summed E-state index contributed by atoms with van der Waals surface area (Å²) in [5, 5.41) is 3.91. The van der Waals surface area contributed by atoms with E-state index in [-0.39, 0.29) is 17.6 Å². The lowest BCUT2D eigenvalue weighted by atomic mass is 9.80. The summed E-state index contributed by atoms with van der Waals surface area (Å²) in [7, 11) is 0. The number of unbranched alkanes of at least 4 members (excludes halogenated alkanes) is 4. The molecule has 184 valence electrons. The van der Waals surface area contributed by atoms with E-state index in [0.717, 1.165) is 48.6 Å². The lowest BCUT2D eigenvalue weighted by Crippen LogP contribution is -2.47. The van der Waals surface area contributed by atoms with Gasteiger partial charge < -0.3 is 10.1 Å². The molecule has 6 heteroatoms. The second-order valence-electron chi connectivity index (χ2n) is 10.1. The molecule has 0 radical (unpaired) electrons. The van der Waals surface area contributed by atoms with E-state index >= 15 is 0 Å². The number of aryl methyl sites for hydroxylation is 1. The summed E-state index contributed by atoms with van der Waals surface area (Å²) >= 11 is 10.2. The van der Waals surface area contributed by atoms with Crippen LogP contribution in [0.1, 0.15) is 104 Å². The summed E-state index contributed by atoms with van der Waals surface area (Å²) in [6.45, 7) is 11.8. The van der Waals surface area contributed by atoms with Gasteiger partial charge in [-0.3, -0.25) is 9.59 Å². The molecule has 0 saturated heterocycles. The van der Waals surface area contributed by atoms with Crippen LogP contribution in [0.2, 0.25) is 5.02 Å². The molecule has 1 aliphatic rings. The van der Waals surface area contributed by atoms with Gasteiger partial charge >= 0.3 is 5.97 Å². The number of benzene rings is 1. The first-order chi connectivity index (χ1) is 15.5. The van der Waals surface area contributed by atoms with Crippen molar-refractivity contribution in [2.24, 2.45) is 5.41 Å². The van der Waals surface area contributed by atoms with E-state index in [4.69, 9.17) is 16.3 Å². The van der Waals surface area contributed by atoms with Crippen LogP contribution in [0.4, 0.5) is 0 Å². The summed E-state index contributed by atoms with van der Waals surface area (Å²) < 4.78 is 6.76. The van der Waals surface area contributed by atoms with Gasteiger partial charge in [-0.2, -0.15) is 0 Å². The van der Waals surface area contributed by atoms with Crippen LogP contribution in [0, 0.1) is 5.41 Å². The molecule has 1 heterocycles. The van der Waals surface area contributed by atoms with Gasteiger partial charge in [0, 0.05) is 10.0 Å². The van der Waals surface area contributed by atoms with E-state index < -0.39 is 11.0 Å².